The first kappa shape index (κ1) is 13.6. The van der Waals surface area contributed by atoms with Crippen molar-refractivity contribution in [2.75, 3.05) is 17.6 Å². The monoisotopic (exact) mass is 300 g/mol. The molecule has 0 bridgehead atoms. The second-order valence-corrected chi connectivity index (χ2v) is 5.34. The second-order valence-electron chi connectivity index (χ2n) is 4.56. The van der Waals surface area contributed by atoms with Crippen molar-refractivity contribution >= 4 is 22.4 Å². The Balaban J connectivity index is 1.64. The highest BCUT2D eigenvalue weighted by molar-refractivity contribution is 7.11. The molecule has 108 valence electrons. The average Bonchev–Trinajstić information content (AvgIpc) is 3.14. The van der Waals surface area contributed by atoms with Crippen LogP contribution in [0, 0.1) is 0 Å². The maximum absolute atomic E-state index is 5.97. The lowest BCUT2D eigenvalue weighted by atomic mass is 10.1. The summed E-state index contributed by atoms with van der Waals surface area (Å²) in [5, 5.41) is 8.57. The van der Waals surface area contributed by atoms with Crippen molar-refractivity contribution in [2.24, 2.45) is 0 Å². The lowest BCUT2D eigenvalue weighted by Gasteiger charge is -2.07. The fraction of sp³-hybridized carbons (Fsp3) is 0.214. The van der Waals surface area contributed by atoms with E-state index in [-0.39, 0.29) is 0 Å². The molecule has 0 radical (unpaired) electrons. The smallest absolute Gasteiger partial charge is 0.147 e. The van der Waals surface area contributed by atoms with Crippen molar-refractivity contribution in [3.05, 3.63) is 43.0 Å². The Morgan fingerprint density at radius 2 is 2.24 bits per heavy atom. The van der Waals surface area contributed by atoms with E-state index in [1.807, 2.05) is 29.1 Å². The van der Waals surface area contributed by atoms with Gasteiger partial charge in [-0.15, -0.1) is 0 Å². The summed E-state index contributed by atoms with van der Waals surface area (Å²) in [7, 11) is 0. The van der Waals surface area contributed by atoms with Crippen LogP contribution in [0.4, 0.5) is 10.8 Å². The first-order valence-corrected chi connectivity index (χ1v) is 7.49. The van der Waals surface area contributed by atoms with Crippen LogP contribution in [-0.4, -0.2) is 25.7 Å². The van der Waals surface area contributed by atoms with Gasteiger partial charge in [0.05, 0.1) is 5.56 Å². The van der Waals surface area contributed by atoms with Gasteiger partial charge in [0.2, 0.25) is 0 Å². The number of nitrogens with one attached hydrogen (secondary N) is 1. The Kier molecular flexibility index (Phi) is 4.11. The normalized spacial score (nSPS) is 10.7. The van der Waals surface area contributed by atoms with Crippen LogP contribution in [0.3, 0.4) is 0 Å². The van der Waals surface area contributed by atoms with Crippen molar-refractivity contribution in [3.63, 3.8) is 0 Å². The molecular formula is C14H16N6S. The summed E-state index contributed by atoms with van der Waals surface area (Å²) in [5.74, 6) is 0.544. The molecule has 0 aliphatic carbocycles. The molecule has 3 heterocycles. The number of hydrogen-bond donors (Lipinski definition) is 2. The Labute approximate surface area is 126 Å². The number of nitrogens with two attached hydrogens (primary N) is 1. The Morgan fingerprint density at radius 1 is 1.29 bits per heavy atom. The molecule has 0 spiro atoms. The highest BCUT2D eigenvalue weighted by atomic mass is 32.1. The highest BCUT2D eigenvalue weighted by Crippen LogP contribution is 2.36. The van der Waals surface area contributed by atoms with Crippen LogP contribution in [0.2, 0.25) is 0 Å². The molecule has 3 aromatic heterocycles. The summed E-state index contributed by atoms with van der Waals surface area (Å²) in [6, 6.07) is 5.81. The number of aromatic nitrogens is 4. The molecule has 0 aliphatic rings. The zero-order valence-electron chi connectivity index (χ0n) is 11.4. The van der Waals surface area contributed by atoms with Gasteiger partial charge in [-0.05, 0) is 30.1 Å². The summed E-state index contributed by atoms with van der Waals surface area (Å²) in [4.78, 5) is 4.13. The van der Waals surface area contributed by atoms with Gasteiger partial charge >= 0.3 is 0 Å². The summed E-state index contributed by atoms with van der Waals surface area (Å²) in [6.07, 6.45) is 8.28. The van der Waals surface area contributed by atoms with E-state index in [2.05, 4.69) is 19.8 Å². The zero-order valence-corrected chi connectivity index (χ0v) is 12.3. The topological polar surface area (TPSA) is 81.6 Å². The number of aryl methyl sites for hydroxylation is 1. The van der Waals surface area contributed by atoms with E-state index in [1.165, 1.54) is 11.5 Å². The van der Waals surface area contributed by atoms with Crippen molar-refractivity contribution in [2.45, 2.75) is 13.0 Å². The maximum Gasteiger partial charge on any atom is 0.147 e. The molecule has 0 aliphatic heterocycles. The van der Waals surface area contributed by atoms with Gasteiger partial charge < -0.3 is 11.1 Å². The van der Waals surface area contributed by atoms with Gasteiger partial charge in [0.15, 0.2) is 0 Å². The third kappa shape index (κ3) is 3.19. The first-order chi connectivity index (χ1) is 10.3. The number of rotatable bonds is 6. The molecule has 0 aromatic carbocycles. The Bertz CT molecular complexity index is 677. The largest absolute Gasteiger partial charge is 0.382 e. The van der Waals surface area contributed by atoms with Crippen molar-refractivity contribution in [3.8, 4) is 11.1 Å². The van der Waals surface area contributed by atoms with Crippen LogP contribution in [0.15, 0.2) is 43.0 Å². The number of hydrogen-bond acceptors (Lipinski definition) is 6. The lowest BCUT2D eigenvalue weighted by molar-refractivity contribution is 0.592. The van der Waals surface area contributed by atoms with E-state index < -0.39 is 0 Å². The molecule has 0 saturated heterocycles. The first-order valence-electron chi connectivity index (χ1n) is 6.71. The van der Waals surface area contributed by atoms with Crippen LogP contribution < -0.4 is 11.1 Å². The molecule has 21 heavy (non-hydrogen) atoms. The van der Waals surface area contributed by atoms with Gasteiger partial charge in [-0.2, -0.15) is 9.47 Å². The Hall–Kier alpha value is -2.41. The van der Waals surface area contributed by atoms with E-state index in [9.17, 15) is 0 Å². The molecule has 3 aromatic rings. The minimum atomic E-state index is 0.544. The quantitative estimate of drug-likeness (QED) is 0.683. The molecule has 3 rings (SSSR count). The molecule has 7 heteroatoms. The van der Waals surface area contributed by atoms with Gasteiger partial charge in [-0.25, -0.2) is 0 Å². The predicted octanol–water partition coefficient (Wildman–Crippen LogP) is 2.49. The van der Waals surface area contributed by atoms with Crippen LogP contribution in [-0.2, 0) is 6.54 Å². The van der Waals surface area contributed by atoms with Gasteiger partial charge in [0, 0.05) is 43.4 Å². The van der Waals surface area contributed by atoms with E-state index in [0.29, 0.717) is 5.82 Å². The Morgan fingerprint density at radius 3 is 3.00 bits per heavy atom. The third-order valence-corrected chi connectivity index (χ3v) is 3.90. The van der Waals surface area contributed by atoms with Gasteiger partial charge in [-0.3, -0.25) is 9.67 Å². The van der Waals surface area contributed by atoms with Crippen molar-refractivity contribution in [1.29, 1.82) is 0 Å². The molecule has 0 unspecified atom stereocenters. The summed E-state index contributed by atoms with van der Waals surface area (Å²) in [5.41, 5.74) is 7.89. The molecule has 0 atom stereocenters. The summed E-state index contributed by atoms with van der Waals surface area (Å²) < 4.78 is 6.15. The van der Waals surface area contributed by atoms with Crippen LogP contribution in [0.1, 0.15) is 6.42 Å². The van der Waals surface area contributed by atoms with E-state index >= 15 is 0 Å². The summed E-state index contributed by atoms with van der Waals surface area (Å²) in [6.45, 7) is 1.73. The SMILES string of the molecule is Nc1nsc(NCCCn2cccn2)c1-c1cccnc1. The van der Waals surface area contributed by atoms with Crippen molar-refractivity contribution < 1.29 is 0 Å². The second kappa shape index (κ2) is 6.36. The van der Waals surface area contributed by atoms with Gasteiger partial charge in [0.25, 0.3) is 0 Å². The number of anilines is 2. The maximum atomic E-state index is 5.97. The van der Waals surface area contributed by atoms with E-state index in [0.717, 1.165) is 35.6 Å². The molecule has 0 saturated carbocycles. The molecule has 6 nitrogen and oxygen atoms in total. The molecular weight excluding hydrogens is 284 g/mol. The fourth-order valence-corrected chi connectivity index (χ4v) is 2.85. The molecule has 0 amide bonds. The molecule has 0 fully saturated rings. The highest BCUT2D eigenvalue weighted by Gasteiger charge is 2.13. The molecule has 3 N–H and O–H groups in total. The number of nitrogens with zero attached hydrogens (tertiary/aromatic N) is 4. The fourth-order valence-electron chi connectivity index (χ4n) is 2.09. The predicted molar refractivity (Wildman–Crippen MR) is 85.1 cm³/mol. The van der Waals surface area contributed by atoms with Gasteiger partial charge in [-0.1, -0.05) is 6.07 Å². The minimum absolute atomic E-state index is 0.544. The van der Waals surface area contributed by atoms with Crippen LogP contribution in [0.25, 0.3) is 11.1 Å². The lowest BCUT2D eigenvalue weighted by Crippen LogP contribution is -2.06. The average molecular weight is 300 g/mol. The number of pyridine rings is 1. The third-order valence-electron chi connectivity index (χ3n) is 3.08. The number of nitrogen functional groups attached to an aromatic ring is 1. The van der Waals surface area contributed by atoms with E-state index in [1.54, 1.807) is 18.6 Å². The van der Waals surface area contributed by atoms with Crippen LogP contribution in [0.5, 0.6) is 0 Å². The van der Waals surface area contributed by atoms with Crippen molar-refractivity contribution in [1.82, 2.24) is 19.1 Å². The van der Waals surface area contributed by atoms with E-state index in [4.69, 9.17) is 5.73 Å². The standard InChI is InChI=1S/C14H16N6S/c15-13-12(11-4-1-5-16-10-11)14(21-19-13)17-6-2-8-20-9-3-7-18-20/h1,3-5,7,9-10,17H,2,6,8H2,(H2,15,19). The zero-order chi connectivity index (χ0) is 14.5. The van der Waals surface area contributed by atoms with Crippen LogP contribution >= 0.6 is 11.5 Å². The summed E-state index contributed by atoms with van der Waals surface area (Å²) >= 11 is 1.38. The minimum Gasteiger partial charge on any atom is -0.382 e. The van der Waals surface area contributed by atoms with Gasteiger partial charge in [0.1, 0.15) is 10.8 Å².